The molecule has 0 unspecified atom stereocenters. The second-order valence-electron chi connectivity index (χ2n) is 29.7. The van der Waals surface area contributed by atoms with Crippen LogP contribution in [0.1, 0.15) is 170 Å². The van der Waals surface area contributed by atoms with Crippen molar-refractivity contribution in [2.24, 2.45) is 98.6 Å². The van der Waals surface area contributed by atoms with Crippen molar-refractivity contribution in [3.8, 4) is 23.7 Å². The van der Waals surface area contributed by atoms with Gasteiger partial charge >= 0.3 is 5.97 Å². The topological polar surface area (TPSA) is 177 Å². The zero-order valence-corrected chi connectivity index (χ0v) is 47.3. The van der Waals surface area contributed by atoms with Crippen molar-refractivity contribution in [1.29, 1.82) is 0 Å². The Balaban J connectivity index is 0.997. The lowest BCUT2D eigenvalue weighted by Crippen LogP contribution is -2.88. The average Bonchev–Trinajstić information content (AvgIpc) is 3.84. The fourth-order valence-electron chi connectivity index (χ4n) is 24.5. The Hall–Kier alpha value is -3.84. The molecule has 13 aliphatic carbocycles. The number of benzene rings is 2. The highest BCUT2D eigenvalue weighted by Gasteiger charge is 2.89. The second kappa shape index (κ2) is 18.6. The van der Waals surface area contributed by atoms with Crippen molar-refractivity contribution in [3.05, 3.63) is 82.4 Å². The van der Waals surface area contributed by atoms with Crippen LogP contribution in [0.15, 0.2) is 60.2 Å². The van der Waals surface area contributed by atoms with Crippen molar-refractivity contribution in [2.75, 3.05) is 7.05 Å². The van der Waals surface area contributed by atoms with Gasteiger partial charge in [0.15, 0.2) is 0 Å². The van der Waals surface area contributed by atoms with Crippen molar-refractivity contribution < 1.29 is 45.0 Å². The molecule has 10 nitrogen and oxygen atoms in total. The van der Waals surface area contributed by atoms with Crippen LogP contribution >= 0.6 is 0 Å². The molecule has 10 heteroatoms. The Morgan fingerprint density at radius 3 is 2.35 bits per heavy atom. The molecule has 23 atom stereocenters. The van der Waals surface area contributed by atoms with E-state index in [1.165, 1.54) is 18.4 Å². The predicted molar refractivity (Wildman–Crippen MR) is 301 cm³/mol. The third kappa shape index (κ3) is 6.77. The van der Waals surface area contributed by atoms with Gasteiger partial charge in [0, 0.05) is 69.9 Å². The monoisotopic (exact) mass is 1090 g/mol. The molecule has 2 aromatic rings. The van der Waals surface area contributed by atoms with E-state index in [4.69, 9.17) is 4.74 Å². The Morgan fingerprint density at radius 1 is 0.800 bits per heavy atom. The van der Waals surface area contributed by atoms with Crippen LogP contribution in [0.25, 0.3) is 0 Å². The van der Waals surface area contributed by atoms with Crippen LogP contribution in [-0.2, 0) is 27.4 Å². The van der Waals surface area contributed by atoms with Gasteiger partial charge in [0.25, 0.3) is 0 Å². The molecule has 7 N–H and O–H groups in total. The lowest BCUT2D eigenvalue weighted by atomic mass is 9.30. The zero-order valence-electron chi connectivity index (χ0n) is 47.3. The van der Waals surface area contributed by atoms with E-state index in [2.05, 4.69) is 72.3 Å². The van der Waals surface area contributed by atoms with E-state index in [1.54, 1.807) is 6.08 Å². The van der Waals surface area contributed by atoms with Crippen molar-refractivity contribution in [2.45, 2.75) is 202 Å². The molecule has 14 aliphatic rings. The van der Waals surface area contributed by atoms with E-state index in [9.17, 15) is 25.2 Å². The first kappa shape index (κ1) is 52.9. The minimum absolute atomic E-state index is 0.0502. The first-order valence-electron chi connectivity index (χ1n) is 32.0. The number of fused-ring (bicyclic) bond motifs is 2. The van der Waals surface area contributed by atoms with Crippen LogP contribution in [0.5, 0.6) is 0 Å². The van der Waals surface area contributed by atoms with E-state index in [0.29, 0.717) is 50.9 Å². The van der Waals surface area contributed by atoms with Gasteiger partial charge in [0.2, 0.25) is 0 Å². The molecule has 1 aliphatic heterocycles. The van der Waals surface area contributed by atoms with Gasteiger partial charge in [-0.2, -0.15) is 0 Å². The number of aliphatic hydroxyl groups is 6. The molecule has 16 rings (SSSR count). The molecular weight excluding hydrogens is 999 g/mol. The first-order chi connectivity index (χ1) is 38.6. The Labute approximate surface area is 474 Å². The highest BCUT2D eigenvalue weighted by Crippen LogP contribution is 2.82. The number of nitrogens with one attached hydrogen (secondary N) is 1. The zero-order chi connectivity index (χ0) is 54.9. The van der Waals surface area contributed by atoms with Crippen molar-refractivity contribution >= 4 is 12.3 Å². The molecule has 0 amide bonds. The quantitative estimate of drug-likeness (QED) is 0.0842. The Morgan fingerprint density at radius 2 is 1.59 bits per heavy atom. The third-order valence-electron chi connectivity index (χ3n) is 27.4. The second-order valence-corrected chi connectivity index (χ2v) is 29.7. The summed E-state index contributed by atoms with van der Waals surface area (Å²) in [4.78, 5) is 30.0. The van der Waals surface area contributed by atoms with E-state index < -0.39 is 92.3 Å². The molecular formula is C70H87NO9. The number of rotatable bonds is 6. The molecule has 10 saturated carbocycles. The van der Waals surface area contributed by atoms with Gasteiger partial charge in [-0.1, -0.05) is 106 Å². The summed E-state index contributed by atoms with van der Waals surface area (Å²) in [6, 6.07) is 16.6. The smallest absolute Gasteiger partial charge is 0.331 e. The van der Waals surface area contributed by atoms with Crippen LogP contribution < -0.4 is 5.32 Å². The molecule has 10 fully saturated rings. The van der Waals surface area contributed by atoms with Crippen LogP contribution in [-0.4, -0.2) is 91.1 Å². The van der Waals surface area contributed by atoms with E-state index in [-0.39, 0.29) is 79.3 Å². The predicted octanol–water partition coefficient (Wildman–Crippen LogP) is 8.75. The minimum Gasteiger partial charge on any atom is -0.454 e. The van der Waals surface area contributed by atoms with Gasteiger partial charge in [-0.15, -0.1) is 5.92 Å². The summed E-state index contributed by atoms with van der Waals surface area (Å²) in [6.07, 6.45) is 15.2. The van der Waals surface area contributed by atoms with Crippen molar-refractivity contribution in [3.63, 3.8) is 0 Å². The molecule has 426 valence electrons. The summed E-state index contributed by atoms with van der Waals surface area (Å²) >= 11 is 0. The molecule has 1 heterocycles. The number of likely N-dealkylation sites (N-methyl/N-ethyl adjacent to an activating group) is 1. The van der Waals surface area contributed by atoms with Crippen LogP contribution in [0.3, 0.4) is 0 Å². The normalized spacial score (nSPS) is 49.3. The number of esters is 1. The fraction of sp³-hybridized carbons (Fsp3) is 0.714. The lowest BCUT2D eigenvalue weighted by Gasteiger charge is -2.76. The largest absolute Gasteiger partial charge is 0.454 e. The van der Waals surface area contributed by atoms with Gasteiger partial charge in [-0.05, 0) is 185 Å². The maximum absolute atomic E-state index is 15.8. The standard InChI is InChI=1S/C70H87NO9/c1-40(41-12-6-7-13-41)44-20-22-55-62(75)65-29-25-50-49(48(21-23-54(50)65)42-14-4-3-5-15-42)19-11-17-45-34-66-37-64(26-8-9-27-64)28-24-43-16-10-18-46(36-72)51(43)32-57(71-2)52-30-47(59(66)53-33-58(74)80-60(52)53)35-68(66,77)70(79)61(45)67(38-65,39-73)69(55,78)56(31-44)63(70)76/h3-5,10,14-16,18,33,39-41,44-45,47-50,52,54-57,59-63,71-72,75-79H,6-9,12-13,19-23,25-27,29-32,34-38H2,1-2H3/t40-,44-,45+,47+,48-,49+,50+,52+,54-,55-,56+,57+,59+,60-,61+,62+,63+,65+,66-,67-,68+,69+,70+/m0/s1. The van der Waals surface area contributed by atoms with E-state index in [0.717, 1.165) is 92.8 Å². The number of hydrogen-bond acceptors (Lipinski definition) is 10. The maximum atomic E-state index is 15.8. The Bertz CT molecular complexity index is 3000. The lowest BCUT2D eigenvalue weighted by molar-refractivity contribution is -0.392. The van der Waals surface area contributed by atoms with E-state index in [1.807, 2.05) is 19.2 Å². The van der Waals surface area contributed by atoms with Crippen LogP contribution in [0.2, 0.25) is 0 Å². The summed E-state index contributed by atoms with van der Waals surface area (Å²) < 4.78 is 6.55. The van der Waals surface area contributed by atoms with Crippen LogP contribution in [0.4, 0.5) is 0 Å². The molecule has 80 heavy (non-hydrogen) atoms. The molecule has 3 spiro atoms. The SMILES string of the molecule is CN[C@@H]1Cc2c(cccc2CO)C#CC2(CCCC2)C[C@]23C[C@H]4C#CC[C@H]5[C@H]6CC[C@@]7(C[C@]8(C=O)[C@@H]4[C@@](O)([C@H](O)[C@H]4C[C@@H]([C@@H](C)C9CCCC9)CC[C@@H]([C@H]7O)[C@@]48O)[C@@]2(O)C[C@H]2C[C@H]1[C@@H]1OC(=O)C=C1[C@@H]23)[C@H]6CC[C@H]5c1ccccc1. The number of carbonyl (C=O) groups excluding carboxylic acids is 2. The van der Waals surface area contributed by atoms with Gasteiger partial charge in [-0.25, -0.2) is 4.79 Å². The number of ether oxygens (including phenoxy) is 1. The first-order valence-corrected chi connectivity index (χ1v) is 32.0. The van der Waals surface area contributed by atoms with Gasteiger partial charge < -0.3 is 45.5 Å². The Kier molecular flexibility index (Phi) is 12.3. The summed E-state index contributed by atoms with van der Waals surface area (Å²) in [5.74, 6) is 11.9. The molecule has 0 radical (unpaired) electrons. The molecule has 2 aromatic carbocycles. The average molecular weight is 1090 g/mol. The van der Waals surface area contributed by atoms with Crippen LogP contribution in [0, 0.1) is 122 Å². The highest BCUT2D eigenvalue weighted by molar-refractivity contribution is 5.86. The molecule has 0 aromatic heterocycles. The molecule has 9 bridgehead atoms. The molecule has 0 saturated heterocycles. The summed E-state index contributed by atoms with van der Waals surface area (Å²) in [7, 11) is 1.94. The number of hydrogen-bond donors (Lipinski definition) is 7. The number of carbonyl (C=O) groups is 2. The maximum Gasteiger partial charge on any atom is 0.331 e. The number of aldehydes is 1. The number of aliphatic hydroxyl groups excluding tert-OH is 3. The van der Waals surface area contributed by atoms with Gasteiger partial charge in [0.05, 0.1) is 29.8 Å². The van der Waals surface area contributed by atoms with Gasteiger partial charge in [0.1, 0.15) is 23.6 Å². The minimum atomic E-state index is -2.36. The van der Waals surface area contributed by atoms with Gasteiger partial charge in [-0.3, -0.25) is 0 Å². The summed E-state index contributed by atoms with van der Waals surface area (Å²) in [6.45, 7) is 2.22. The highest BCUT2D eigenvalue weighted by atomic mass is 16.5. The summed E-state index contributed by atoms with van der Waals surface area (Å²) in [5, 5.41) is 88.6. The fourth-order valence-corrected chi connectivity index (χ4v) is 24.5. The third-order valence-corrected chi connectivity index (χ3v) is 27.4. The van der Waals surface area contributed by atoms with E-state index >= 15 is 15.0 Å². The van der Waals surface area contributed by atoms with Crippen molar-refractivity contribution in [1.82, 2.24) is 5.32 Å². The summed E-state index contributed by atoms with van der Waals surface area (Å²) in [5.41, 5.74) is -5.82.